The minimum Gasteiger partial charge on any atom is -0.493 e. The first-order valence-electron chi connectivity index (χ1n) is 14.9. The van der Waals surface area contributed by atoms with Crippen LogP contribution in [0.3, 0.4) is 0 Å². The second-order valence-electron chi connectivity index (χ2n) is 10.4. The lowest BCUT2D eigenvalue weighted by atomic mass is 9.95. The van der Waals surface area contributed by atoms with Gasteiger partial charge in [-0.2, -0.15) is 0 Å². The lowest BCUT2D eigenvalue weighted by Crippen LogP contribution is -2.40. The fraction of sp³-hybridized carbons (Fsp3) is 0.257. The van der Waals surface area contributed by atoms with Gasteiger partial charge in [0.2, 0.25) is 0 Å². The quantitative estimate of drug-likeness (QED) is 0.172. The van der Waals surface area contributed by atoms with Crippen LogP contribution in [0.5, 0.6) is 17.2 Å². The summed E-state index contributed by atoms with van der Waals surface area (Å²) in [4.78, 5) is 44.7. The first-order chi connectivity index (χ1) is 23.1. The van der Waals surface area contributed by atoms with E-state index >= 15 is 0 Å². The van der Waals surface area contributed by atoms with Crippen LogP contribution < -0.4 is 29.1 Å². The van der Waals surface area contributed by atoms with Crippen molar-refractivity contribution in [3.8, 4) is 17.2 Å². The largest absolute Gasteiger partial charge is 0.493 e. The highest BCUT2D eigenvalue weighted by Crippen LogP contribution is 2.41. The van der Waals surface area contributed by atoms with Gasteiger partial charge in [0.15, 0.2) is 16.3 Å². The lowest BCUT2D eigenvalue weighted by Gasteiger charge is -2.26. The zero-order valence-corrected chi connectivity index (χ0v) is 30.0. The summed E-state index contributed by atoms with van der Waals surface area (Å²) in [6.07, 6.45) is 1.69. The number of hydrogen-bond acceptors (Lipinski definition) is 10. The SMILES string of the molecule is CCOC(=O)C1=C(C)N=c2s/c(=C\c3cc(Cl)ccc3OCc3ccc(C(=O)OCC)cc3)c(=O)n2[C@H]1c1cc(OC)c(OC)cc1Br. The molecule has 0 aliphatic carbocycles. The summed E-state index contributed by atoms with van der Waals surface area (Å²) in [5.41, 5.74) is 2.70. The van der Waals surface area contributed by atoms with Gasteiger partial charge < -0.3 is 23.7 Å². The fourth-order valence-corrected chi connectivity index (χ4v) is 6.94. The molecule has 250 valence electrons. The molecule has 1 aliphatic heterocycles. The van der Waals surface area contributed by atoms with Gasteiger partial charge in [0.05, 0.1) is 54.8 Å². The van der Waals surface area contributed by atoms with Crippen molar-refractivity contribution in [2.75, 3.05) is 27.4 Å². The summed E-state index contributed by atoms with van der Waals surface area (Å²) in [6.45, 7) is 5.82. The van der Waals surface area contributed by atoms with Gasteiger partial charge in [-0.3, -0.25) is 9.36 Å². The number of nitrogens with zero attached hydrogens (tertiary/aromatic N) is 2. The number of fused-ring (bicyclic) bond motifs is 1. The molecule has 0 unspecified atom stereocenters. The minimum atomic E-state index is -0.885. The zero-order chi connectivity index (χ0) is 34.5. The molecule has 2 heterocycles. The molecule has 48 heavy (non-hydrogen) atoms. The van der Waals surface area contributed by atoms with Crippen molar-refractivity contribution < 1.29 is 33.3 Å². The van der Waals surface area contributed by atoms with Crippen LogP contribution in [0.15, 0.2) is 80.1 Å². The van der Waals surface area contributed by atoms with Gasteiger partial charge in [0.1, 0.15) is 12.4 Å². The molecule has 1 aromatic heterocycles. The number of carbonyl (C=O) groups excluding carboxylic acids is 2. The number of rotatable bonds is 11. The van der Waals surface area contributed by atoms with Crippen molar-refractivity contribution in [2.45, 2.75) is 33.4 Å². The first kappa shape index (κ1) is 34.9. The molecule has 0 amide bonds. The Morgan fingerprint density at radius 1 is 0.958 bits per heavy atom. The van der Waals surface area contributed by atoms with Gasteiger partial charge in [0, 0.05) is 15.1 Å². The van der Waals surface area contributed by atoms with E-state index in [9.17, 15) is 14.4 Å². The predicted octanol–water partition coefficient (Wildman–Crippen LogP) is 5.99. The maximum Gasteiger partial charge on any atom is 0.338 e. The molecule has 0 spiro atoms. The number of methoxy groups -OCH3 is 2. The number of halogens is 2. The van der Waals surface area contributed by atoms with Crippen LogP contribution in [0, 0.1) is 0 Å². The molecule has 10 nitrogen and oxygen atoms in total. The van der Waals surface area contributed by atoms with E-state index in [1.165, 1.54) is 30.1 Å². The Balaban J connectivity index is 1.59. The Morgan fingerprint density at radius 3 is 2.29 bits per heavy atom. The van der Waals surface area contributed by atoms with Crippen LogP contribution in [0.4, 0.5) is 0 Å². The number of ether oxygens (including phenoxy) is 5. The Labute approximate surface area is 294 Å². The highest BCUT2D eigenvalue weighted by Gasteiger charge is 2.35. The number of allylic oxidation sites excluding steroid dienone is 1. The van der Waals surface area contributed by atoms with Gasteiger partial charge in [0.25, 0.3) is 5.56 Å². The number of carbonyl (C=O) groups is 2. The third kappa shape index (κ3) is 7.20. The van der Waals surface area contributed by atoms with Crippen LogP contribution in [0.25, 0.3) is 6.08 Å². The molecule has 1 atom stereocenters. The first-order valence-corrected chi connectivity index (χ1v) is 16.9. The minimum absolute atomic E-state index is 0.146. The molecule has 0 saturated carbocycles. The molecular formula is C35H32BrClN2O8S. The van der Waals surface area contributed by atoms with Crippen molar-refractivity contribution in [1.82, 2.24) is 4.57 Å². The van der Waals surface area contributed by atoms with Crippen LogP contribution in [0.2, 0.25) is 5.02 Å². The second kappa shape index (κ2) is 15.2. The predicted molar refractivity (Wildman–Crippen MR) is 186 cm³/mol. The normalized spacial score (nSPS) is 14.2. The number of benzene rings is 3. The standard InChI is InChI=1S/C35H32BrClN2O8S/c1-6-45-33(41)21-10-8-20(9-11-21)18-47-26-13-12-23(37)14-22(26)15-29-32(40)39-31(24-16-27(43-4)28(44-5)17-25(24)36)30(34(42)46-7-2)19(3)38-35(39)48-29/h8-17,31H,6-7,18H2,1-5H3/b29-15-/t31-/m0/s1. The summed E-state index contributed by atoms with van der Waals surface area (Å²) in [5, 5.41) is 0.452. The Bertz CT molecular complexity index is 2090. The van der Waals surface area contributed by atoms with Gasteiger partial charge >= 0.3 is 11.9 Å². The Hall–Kier alpha value is -4.39. The molecule has 0 saturated heterocycles. The van der Waals surface area contributed by atoms with Crippen molar-refractivity contribution in [2.24, 2.45) is 4.99 Å². The van der Waals surface area contributed by atoms with Gasteiger partial charge in [-0.25, -0.2) is 14.6 Å². The van der Waals surface area contributed by atoms with E-state index in [4.69, 9.17) is 35.3 Å². The Kier molecular flexibility index (Phi) is 11.1. The van der Waals surface area contributed by atoms with Crippen molar-refractivity contribution >= 4 is 56.9 Å². The Morgan fingerprint density at radius 2 is 1.62 bits per heavy atom. The topological polar surface area (TPSA) is 115 Å². The maximum absolute atomic E-state index is 14.3. The third-order valence-corrected chi connectivity index (χ3v) is 9.34. The van der Waals surface area contributed by atoms with E-state index in [0.717, 1.165) is 5.56 Å². The molecule has 0 radical (unpaired) electrons. The van der Waals surface area contributed by atoms with E-state index in [0.29, 0.717) is 65.1 Å². The third-order valence-electron chi connectivity index (χ3n) is 7.43. The summed E-state index contributed by atoms with van der Waals surface area (Å²) in [6, 6.07) is 14.6. The second-order valence-corrected chi connectivity index (χ2v) is 12.7. The van der Waals surface area contributed by atoms with Gasteiger partial charge in [-0.05, 0) is 80.4 Å². The molecule has 0 bridgehead atoms. The zero-order valence-electron chi connectivity index (χ0n) is 26.8. The molecular weight excluding hydrogens is 724 g/mol. The molecule has 13 heteroatoms. The summed E-state index contributed by atoms with van der Waals surface area (Å²) >= 11 is 11.2. The van der Waals surface area contributed by atoms with Gasteiger partial charge in [-0.15, -0.1) is 0 Å². The number of hydrogen-bond donors (Lipinski definition) is 0. The highest BCUT2D eigenvalue weighted by molar-refractivity contribution is 9.10. The van der Waals surface area contributed by atoms with Crippen LogP contribution in [0.1, 0.15) is 53.9 Å². The monoisotopic (exact) mass is 754 g/mol. The van der Waals surface area contributed by atoms with E-state index in [1.54, 1.807) is 81.4 Å². The summed E-state index contributed by atoms with van der Waals surface area (Å²) in [5.74, 6) is 0.411. The smallest absolute Gasteiger partial charge is 0.338 e. The van der Waals surface area contributed by atoms with Crippen LogP contribution in [-0.2, 0) is 20.9 Å². The number of esters is 2. The van der Waals surface area contributed by atoms with E-state index in [2.05, 4.69) is 20.9 Å². The van der Waals surface area contributed by atoms with Crippen LogP contribution in [-0.4, -0.2) is 43.9 Å². The van der Waals surface area contributed by atoms with Crippen molar-refractivity contribution in [3.05, 3.63) is 117 Å². The lowest BCUT2D eigenvalue weighted by molar-refractivity contribution is -0.139. The molecule has 0 fully saturated rings. The molecule has 3 aromatic carbocycles. The highest BCUT2D eigenvalue weighted by atomic mass is 79.9. The maximum atomic E-state index is 14.3. The van der Waals surface area contributed by atoms with E-state index in [-0.39, 0.29) is 24.3 Å². The van der Waals surface area contributed by atoms with Crippen molar-refractivity contribution in [1.29, 1.82) is 0 Å². The van der Waals surface area contributed by atoms with E-state index in [1.807, 2.05) is 0 Å². The van der Waals surface area contributed by atoms with Crippen LogP contribution >= 0.6 is 38.9 Å². The summed E-state index contributed by atoms with van der Waals surface area (Å²) in [7, 11) is 3.04. The summed E-state index contributed by atoms with van der Waals surface area (Å²) < 4.78 is 30.1. The van der Waals surface area contributed by atoms with Gasteiger partial charge in [-0.1, -0.05) is 51.0 Å². The number of aromatic nitrogens is 1. The molecule has 1 aliphatic rings. The molecule has 5 rings (SSSR count). The average Bonchev–Trinajstić information content (AvgIpc) is 3.37. The molecule has 4 aromatic rings. The number of thiazole rings is 1. The fourth-order valence-electron chi connectivity index (χ4n) is 5.18. The van der Waals surface area contributed by atoms with E-state index < -0.39 is 18.0 Å². The van der Waals surface area contributed by atoms with Crippen molar-refractivity contribution in [3.63, 3.8) is 0 Å². The average molecular weight is 756 g/mol. The molecule has 0 N–H and O–H groups in total.